The standard InChI is InChI=1S/C9H14N2S/c1-3-9(4-5-9)11-7(2)6-10-8(11)12/h6H,3-5H2,1-2H3,(H,10,12). The zero-order chi connectivity index (χ0) is 8.77. The third-order valence-electron chi connectivity index (χ3n) is 2.92. The van der Waals surface area contributed by atoms with Gasteiger partial charge in [0, 0.05) is 17.4 Å². The summed E-state index contributed by atoms with van der Waals surface area (Å²) in [5.41, 5.74) is 1.64. The molecule has 0 saturated heterocycles. The molecule has 0 spiro atoms. The Morgan fingerprint density at radius 1 is 1.67 bits per heavy atom. The van der Waals surface area contributed by atoms with Crippen LogP contribution >= 0.6 is 12.2 Å². The first-order valence-electron chi connectivity index (χ1n) is 4.47. The van der Waals surface area contributed by atoms with Crippen LogP contribution in [0.4, 0.5) is 0 Å². The van der Waals surface area contributed by atoms with Gasteiger partial charge in [-0.05, 0) is 38.4 Å². The van der Waals surface area contributed by atoms with Crippen LogP contribution in [0.5, 0.6) is 0 Å². The minimum atomic E-state index is 0.376. The van der Waals surface area contributed by atoms with Gasteiger partial charge in [-0.15, -0.1) is 0 Å². The van der Waals surface area contributed by atoms with E-state index in [1.807, 2.05) is 6.20 Å². The maximum atomic E-state index is 5.23. The highest BCUT2D eigenvalue weighted by Gasteiger charge is 2.43. The van der Waals surface area contributed by atoms with E-state index < -0.39 is 0 Å². The van der Waals surface area contributed by atoms with Crippen molar-refractivity contribution in [2.45, 2.75) is 38.6 Å². The molecule has 1 heterocycles. The number of aromatic amines is 1. The lowest BCUT2D eigenvalue weighted by Crippen LogP contribution is -2.17. The second-order valence-corrected chi connectivity index (χ2v) is 4.04. The van der Waals surface area contributed by atoms with E-state index >= 15 is 0 Å². The molecule has 0 aromatic carbocycles. The van der Waals surface area contributed by atoms with Crippen LogP contribution in [0, 0.1) is 11.7 Å². The van der Waals surface area contributed by atoms with Gasteiger partial charge in [0.15, 0.2) is 4.77 Å². The first-order valence-corrected chi connectivity index (χ1v) is 4.88. The third-order valence-corrected chi connectivity index (χ3v) is 3.22. The molecule has 66 valence electrons. The Balaban J connectivity index is 2.52. The van der Waals surface area contributed by atoms with E-state index in [2.05, 4.69) is 23.4 Å². The van der Waals surface area contributed by atoms with E-state index in [-0.39, 0.29) is 0 Å². The molecule has 2 nitrogen and oxygen atoms in total. The van der Waals surface area contributed by atoms with Gasteiger partial charge in [0.05, 0.1) is 0 Å². The molecule has 1 aromatic heterocycles. The first kappa shape index (κ1) is 8.05. The van der Waals surface area contributed by atoms with Crippen LogP contribution in [0.3, 0.4) is 0 Å². The molecule has 1 aliphatic rings. The molecule has 1 aromatic rings. The van der Waals surface area contributed by atoms with E-state index in [0.717, 1.165) is 4.77 Å². The third kappa shape index (κ3) is 0.959. The van der Waals surface area contributed by atoms with Crippen molar-refractivity contribution >= 4 is 12.2 Å². The van der Waals surface area contributed by atoms with Gasteiger partial charge in [-0.1, -0.05) is 6.92 Å². The highest BCUT2D eigenvalue weighted by Crippen LogP contribution is 2.47. The van der Waals surface area contributed by atoms with Crippen LogP contribution in [0.2, 0.25) is 0 Å². The van der Waals surface area contributed by atoms with Crippen molar-refractivity contribution in [1.29, 1.82) is 0 Å². The zero-order valence-electron chi connectivity index (χ0n) is 7.55. The summed E-state index contributed by atoms with van der Waals surface area (Å²) in [6.07, 6.45) is 5.77. The average molecular weight is 182 g/mol. The zero-order valence-corrected chi connectivity index (χ0v) is 8.37. The van der Waals surface area contributed by atoms with Crippen molar-refractivity contribution in [3.8, 4) is 0 Å². The van der Waals surface area contributed by atoms with E-state index in [9.17, 15) is 0 Å². The van der Waals surface area contributed by atoms with Gasteiger partial charge in [0.25, 0.3) is 0 Å². The topological polar surface area (TPSA) is 20.7 Å². The van der Waals surface area contributed by atoms with E-state index in [4.69, 9.17) is 12.2 Å². The molecular weight excluding hydrogens is 168 g/mol. The molecule has 2 rings (SSSR count). The number of hydrogen-bond acceptors (Lipinski definition) is 1. The molecule has 0 bridgehead atoms. The number of aromatic nitrogens is 2. The normalized spacial score (nSPS) is 19.5. The lowest BCUT2D eigenvalue weighted by molar-refractivity contribution is 0.451. The summed E-state index contributed by atoms with van der Waals surface area (Å²) in [5, 5.41) is 0. The van der Waals surface area contributed by atoms with Crippen LogP contribution in [0.1, 0.15) is 31.9 Å². The van der Waals surface area contributed by atoms with Gasteiger partial charge < -0.3 is 9.55 Å². The lowest BCUT2D eigenvalue weighted by Gasteiger charge is -2.16. The minimum Gasteiger partial charge on any atom is -0.337 e. The Morgan fingerprint density at radius 3 is 2.67 bits per heavy atom. The fraction of sp³-hybridized carbons (Fsp3) is 0.667. The molecule has 1 saturated carbocycles. The molecule has 0 radical (unpaired) electrons. The second-order valence-electron chi connectivity index (χ2n) is 3.65. The highest BCUT2D eigenvalue weighted by atomic mass is 32.1. The van der Waals surface area contributed by atoms with Crippen LogP contribution in [0.15, 0.2) is 6.20 Å². The number of H-pyrrole nitrogens is 1. The Hall–Kier alpha value is -0.570. The summed E-state index contributed by atoms with van der Waals surface area (Å²) in [4.78, 5) is 3.10. The molecule has 12 heavy (non-hydrogen) atoms. The Morgan fingerprint density at radius 2 is 2.33 bits per heavy atom. The van der Waals surface area contributed by atoms with Crippen molar-refractivity contribution in [3.63, 3.8) is 0 Å². The van der Waals surface area contributed by atoms with Gasteiger partial charge in [0.1, 0.15) is 0 Å². The maximum absolute atomic E-state index is 5.23. The summed E-state index contributed by atoms with van der Waals surface area (Å²) >= 11 is 5.23. The van der Waals surface area contributed by atoms with Crippen LogP contribution < -0.4 is 0 Å². The number of imidazole rings is 1. The first-order chi connectivity index (χ1) is 5.69. The smallest absolute Gasteiger partial charge is 0.177 e. The van der Waals surface area contributed by atoms with Gasteiger partial charge in [-0.3, -0.25) is 0 Å². The summed E-state index contributed by atoms with van der Waals surface area (Å²) < 4.78 is 3.16. The molecule has 1 aliphatic carbocycles. The number of rotatable bonds is 2. The van der Waals surface area contributed by atoms with Gasteiger partial charge in [-0.25, -0.2) is 0 Å². The lowest BCUT2D eigenvalue weighted by atomic mass is 10.2. The molecule has 0 unspecified atom stereocenters. The van der Waals surface area contributed by atoms with E-state index in [0.29, 0.717) is 5.54 Å². The fourth-order valence-corrected chi connectivity index (χ4v) is 2.32. The predicted octanol–water partition coefficient (Wildman–Crippen LogP) is 2.75. The van der Waals surface area contributed by atoms with Crippen molar-refractivity contribution in [3.05, 3.63) is 16.7 Å². The molecule has 1 N–H and O–H groups in total. The van der Waals surface area contributed by atoms with Crippen molar-refractivity contribution in [2.75, 3.05) is 0 Å². The predicted molar refractivity (Wildman–Crippen MR) is 51.9 cm³/mol. The summed E-state index contributed by atoms with van der Waals surface area (Å²) in [7, 11) is 0. The van der Waals surface area contributed by atoms with Crippen LogP contribution in [-0.2, 0) is 5.54 Å². The van der Waals surface area contributed by atoms with E-state index in [1.54, 1.807) is 0 Å². The number of hydrogen-bond donors (Lipinski definition) is 1. The summed E-state index contributed by atoms with van der Waals surface area (Å²) in [5.74, 6) is 0. The van der Waals surface area contributed by atoms with Gasteiger partial charge >= 0.3 is 0 Å². The number of nitrogens with one attached hydrogen (secondary N) is 1. The van der Waals surface area contributed by atoms with Crippen LogP contribution in [-0.4, -0.2) is 9.55 Å². The SMILES string of the molecule is CCC1(n2c(C)c[nH]c2=S)CC1. The highest BCUT2D eigenvalue weighted by molar-refractivity contribution is 7.71. The molecule has 0 atom stereocenters. The summed E-state index contributed by atoms with van der Waals surface area (Å²) in [6, 6.07) is 0. The van der Waals surface area contributed by atoms with Gasteiger partial charge in [-0.2, -0.15) is 0 Å². The number of nitrogens with zero attached hydrogens (tertiary/aromatic N) is 1. The maximum Gasteiger partial charge on any atom is 0.177 e. The summed E-state index contributed by atoms with van der Waals surface area (Å²) in [6.45, 7) is 4.35. The van der Waals surface area contributed by atoms with E-state index in [1.165, 1.54) is 25.0 Å². The Bertz CT molecular complexity index is 344. The van der Waals surface area contributed by atoms with Gasteiger partial charge in [0.2, 0.25) is 0 Å². The Kier molecular flexibility index (Phi) is 1.65. The molecular formula is C9H14N2S. The largest absolute Gasteiger partial charge is 0.337 e. The van der Waals surface area contributed by atoms with Crippen molar-refractivity contribution in [1.82, 2.24) is 9.55 Å². The minimum absolute atomic E-state index is 0.376. The average Bonchev–Trinajstić information content (AvgIpc) is 2.77. The molecule has 1 fully saturated rings. The molecule has 0 amide bonds. The Labute approximate surface area is 77.6 Å². The number of aryl methyl sites for hydroxylation is 1. The molecule has 3 heteroatoms. The van der Waals surface area contributed by atoms with Crippen LogP contribution in [0.25, 0.3) is 0 Å². The van der Waals surface area contributed by atoms with Crippen molar-refractivity contribution in [2.24, 2.45) is 0 Å². The monoisotopic (exact) mass is 182 g/mol. The fourth-order valence-electron chi connectivity index (χ4n) is 1.92. The quantitative estimate of drug-likeness (QED) is 0.697. The molecule has 0 aliphatic heterocycles. The second kappa shape index (κ2) is 2.46. The van der Waals surface area contributed by atoms with Crippen molar-refractivity contribution < 1.29 is 0 Å².